The van der Waals surface area contributed by atoms with Gasteiger partial charge in [-0.15, -0.1) is 0 Å². The maximum atomic E-state index is 12.6. The average Bonchev–Trinajstić information content (AvgIpc) is 2.63. The van der Waals surface area contributed by atoms with Gasteiger partial charge in [-0.05, 0) is 36.2 Å². The van der Waals surface area contributed by atoms with E-state index in [1.807, 2.05) is 20.8 Å². The Morgan fingerprint density at radius 3 is 2.63 bits per heavy atom. The van der Waals surface area contributed by atoms with Gasteiger partial charge in [0.15, 0.2) is 5.76 Å². The standard InChI is InChI=1S/C15H21NO3/c1-7(2)10-11-9-5-4-8(6-16-14(11)19)15(9,3)13(18)12(10)17/h7-9,11,17H,4-6H2,1-3H3,(H,16,19)/t8-,9+,11-,15+/m1/s1. The number of ketones is 1. The molecule has 2 fully saturated rings. The Bertz CT molecular complexity index is 494. The first kappa shape index (κ1) is 12.7. The van der Waals surface area contributed by atoms with E-state index in [4.69, 9.17) is 0 Å². The molecule has 0 radical (unpaired) electrons. The van der Waals surface area contributed by atoms with E-state index in [0.717, 1.165) is 12.8 Å². The Morgan fingerprint density at radius 2 is 2.00 bits per heavy atom. The van der Waals surface area contributed by atoms with Crippen LogP contribution in [0.1, 0.15) is 33.6 Å². The second-order valence-electron chi connectivity index (χ2n) is 6.67. The van der Waals surface area contributed by atoms with Crippen LogP contribution < -0.4 is 5.32 Å². The van der Waals surface area contributed by atoms with E-state index in [-0.39, 0.29) is 41.1 Å². The first-order valence-electron chi connectivity index (χ1n) is 7.14. The molecule has 4 atom stereocenters. The lowest BCUT2D eigenvalue weighted by Crippen LogP contribution is -2.47. The number of allylic oxidation sites excluding steroid dienone is 1. The molecular formula is C15H21NO3. The molecule has 104 valence electrons. The number of aliphatic hydroxyl groups excluding tert-OH is 1. The number of carbonyl (C=O) groups excluding carboxylic acids is 2. The fourth-order valence-electron chi connectivity index (χ4n) is 4.50. The van der Waals surface area contributed by atoms with Crippen LogP contribution in [0.2, 0.25) is 0 Å². The summed E-state index contributed by atoms with van der Waals surface area (Å²) in [5.74, 6) is -0.382. The molecule has 19 heavy (non-hydrogen) atoms. The highest BCUT2D eigenvalue weighted by Crippen LogP contribution is 2.58. The van der Waals surface area contributed by atoms with E-state index in [1.54, 1.807) is 0 Å². The predicted molar refractivity (Wildman–Crippen MR) is 70.3 cm³/mol. The van der Waals surface area contributed by atoms with Crippen molar-refractivity contribution in [3.8, 4) is 0 Å². The van der Waals surface area contributed by atoms with Gasteiger partial charge in [0.25, 0.3) is 0 Å². The van der Waals surface area contributed by atoms with Gasteiger partial charge in [-0.1, -0.05) is 20.8 Å². The van der Waals surface area contributed by atoms with Crippen LogP contribution in [0.4, 0.5) is 0 Å². The van der Waals surface area contributed by atoms with Crippen LogP contribution in [0.15, 0.2) is 11.3 Å². The van der Waals surface area contributed by atoms with Crippen molar-refractivity contribution < 1.29 is 14.7 Å². The van der Waals surface area contributed by atoms with Crippen LogP contribution in [0, 0.1) is 29.1 Å². The van der Waals surface area contributed by atoms with Crippen molar-refractivity contribution in [2.45, 2.75) is 33.6 Å². The summed E-state index contributed by atoms with van der Waals surface area (Å²) in [5.41, 5.74) is 0.0827. The van der Waals surface area contributed by atoms with Gasteiger partial charge < -0.3 is 10.4 Å². The van der Waals surface area contributed by atoms with E-state index in [2.05, 4.69) is 5.32 Å². The highest BCUT2D eigenvalue weighted by molar-refractivity contribution is 6.03. The molecule has 4 nitrogen and oxygen atoms in total. The van der Waals surface area contributed by atoms with Crippen molar-refractivity contribution in [1.29, 1.82) is 0 Å². The minimum atomic E-state index is -0.563. The zero-order valence-corrected chi connectivity index (χ0v) is 11.7. The highest BCUT2D eigenvalue weighted by Gasteiger charge is 2.62. The van der Waals surface area contributed by atoms with E-state index in [1.165, 1.54) is 0 Å². The Hall–Kier alpha value is -1.32. The van der Waals surface area contributed by atoms with E-state index >= 15 is 0 Å². The topological polar surface area (TPSA) is 66.4 Å². The van der Waals surface area contributed by atoms with Crippen LogP contribution in [0.3, 0.4) is 0 Å². The van der Waals surface area contributed by atoms with Gasteiger partial charge in [0.05, 0.1) is 5.92 Å². The van der Waals surface area contributed by atoms with Crippen LogP contribution in [-0.4, -0.2) is 23.3 Å². The van der Waals surface area contributed by atoms with E-state index in [0.29, 0.717) is 12.1 Å². The molecule has 0 spiro atoms. The zero-order valence-electron chi connectivity index (χ0n) is 11.7. The normalized spacial score (nSPS) is 41.6. The van der Waals surface area contributed by atoms with E-state index < -0.39 is 5.41 Å². The molecule has 1 aliphatic heterocycles. The summed E-state index contributed by atoms with van der Waals surface area (Å²) < 4.78 is 0. The average molecular weight is 263 g/mol. The zero-order chi connectivity index (χ0) is 13.9. The molecule has 1 amide bonds. The minimum absolute atomic E-state index is 0.0128. The van der Waals surface area contributed by atoms with E-state index in [9.17, 15) is 14.7 Å². The van der Waals surface area contributed by atoms with Gasteiger partial charge in [0.1, 0.15) is 0 Å². The van der Waals surface area contributed by atoms with Crippen molar-refractivity contribution >= 4 is 11.7 Å². The Kier molecular flexibility index (Phi) is 2.57. The smallest absolute Gasteiger partial charge is 0.227 e. The van der Waals surface area contributed by atoms with Gasteiger partial charge in [0.2, 0.25) is 11.7 Å². The molecule has 2 aliphatic carbocycles. The predicted octanol–water partition coefficient (Wildman–Crippen LogP) is 1.82. The second kappa shape index (κ2) is 3.84. The molecule has 3 rings (SSSR count). The first-order valence-corrected chi connectivity index (χ1v) is 7.14. The molecule has 1 heterocycles. The van der Waals surface area contributed by atoms with Crippen molar-refractivity contribution in [2.75, 3.05) is 6.54 Å². The van der Waals surface area contributed by atoms with Crippen molar-refractivity contribution in [1.82, 2.24) is 5.32 Å². The maximum Gasteiger partial charge on any atom is 0.227 e. The number of hydrogen-bond acceptors (Lipinski definition) is 3. The maximum absolute atomic E-state index is 12.6. The molecule has 2 N–H and O–H groups in total. The molecule has 3 aliphatic rings. The largest absolute Gasteiger partial charge is 0.504 e. The van der Waals surface area contributed by atoms with Gasteiger partial charge in [-0.2, -0.15) is 0 Å². The molecule has 0 unspecified atom stereocenters. The number of nitrogens with one attached hydrogen (secondary N) is 1. The summed E-state index contributed by atoms with van der Waals surface area (Å²) in [6.07, 6.45) is 1.87. The first-order chi connectivity index (χ1) is 8.89. The van der Waals surface area contributed by atoms with Crippen molar-refractivity contribution in [3.05, 3.63) is 11.3 Å². The van der Waals surface area contributed by atoms with Gasteiger partial charge in [-0.3, -0.25) is 9.59 Å². The van der Waals surface area contributed by atoms with Crippen LogP contribution in [0.25, 0.3) is 0 Å². The van der Waals surface area contributed by atoms with Crippen LogP contribution in [0.5, 0.6) is 0 Å². The van der Waals surface area contributed by atoms with Gasteiger partial charge in [-0.25, -0.2) is 0 Å². The summed E-state index contributed by atoms with van der Waals surface area (Å²) >= 11 is 0. The Labute approximate surface area is 113 Å². The van der Waals surface area contributed by atoms with Crippen LogP contribution in [-0.2, 0) is 9.59 Å². The summed E-state index contributed by atoms with van der Waals surface area (Å²) in [5, 5.41) is 13.3. The third-order valence-corrected chi connectivity index (χ3v) is 5.59. The number of hydrogen-bond donors (Lipinski definition) is 2. The molecule has 0 aromatic rings. The third-order valence-electron chi connectivity index (χ3n) is 5.59. The lowest BCUT2D eigenvalue weighted by Gasteiger charge is -2.41. The number of aliphatic hydroxyl groups is 1. The Balaban J connectivity index is 2.23. The summed E-state index contributed by atoms with van der Waals surface area (Å²) in [6, 6.07) is 0. The summed E-state index contributed by atoms with van der Waals surface area (Å²) in [6.45, 7) is 6.38. The summed E-state index contributed by atoms with van der Waals surface area (Å²) in [7, 11) is 0. The molecule has 0 aromatic heterocycles. The SMILES string of the molecule is CC(C)C1=C(O)C(=O)[C@@]2(C)[C@@H]3CC[C@H]2[C@H]1C(=O)NC3. The second-order valence-corrected chi connectivity index (χ2v) is 6.67. The van der Waals surface area contributed by atoms with Gasteiger partial charge in [0, 0.05) is 12.0 Å². The van der Waals surface area contributed by atoms with Crippen molar-refractivity contribution in [3.63, 3.8) is 0 Å². The molecule has 1 saturated carbocycles. The Morgan fingerprint density at radius 1 is 1.32 bits per heavy atom. The summed E-state index contributed by atoms with van der Waals surface area (Å²) in [4.78, 5) is 25.0. The van der Waals surface area contributed by atoms with Gasteiger partial charge >= 0.3 is 0 Å². The highest BCUT2D eigenvalue weighted by atomic mass is 16.3. The van der Waals surface area contributed by atoms with Crippen molar-refractivity contribution in [2.24, 2.45) is 29.1 Å². The number of carbonyl (C=O) groups is 2. The number of Topliss-reactive ketones (excluding diaryl/α,β-unsaturated/α-hetero) is 1. The number of rotatable bonds is 1. The molecule has 4 heteroatoms. The van der Waals surface area contributed by atoms with Crippen LogP contribution >= 0.6 is 0 Å². The third kappa shape index (κ3) is 1.40. The molecule has 4 bridgehead atoms. The molecular weight excluding hydrogens is 242 g/mol. The molecule has 0 aromatic carbocycles. The minimum Gasteiger partial charge on any atom is -0.504 e. The lowest BCUT2D eigenvalue weighted by atomic mass is 9.60. The number of amides is 1. The molecule has 1 saturated heterocycles. The lowest BCUT2D eigenvalue weighted by molar-refractivity contribution is -0.135. The quantitative estimate of drug-likeness (QED) is 0.758. The fourth-order valence-corrected chi connectivity index (χ4v) is 4.50. The fraction of sp³-hybridized carbons (Fsp3) is 0.733. The monoisotopic (exact) mass is 263 g/mol.